The maximum absolute atomic E-state index is 9.40. The number of rotatable bonds is 3. The van der Waals surface area contributed by atoms with Crippen molar-refractivity contribution in [2.45, 2.75) is 13.5 Å². The number of nitrogens with one attached hydrogen (secondary N) is 1. The first kappa shape index (κ1) is 11.3. The topological polar surface area (TPSA) is 52.5 Å². The van der Waals surface area contributed by atoms with Gasteiger partial charge in [-0.05, 0) is 48.4 Å². The first-order valence-electron chi connectivity index (χ1n) is 5.46. The van der Waals surface area contributed by atoms with Gasteiger partial charge in [0.15, 0.2) is 0 Å². The highest BCUT2D eigenvalue weighted by atomic mass is 16.3. The molecule has 0 fully saturated rings. The number of phenolic OH excluding ortho intramolecular Hbond substituents is 2. The first-order chi connectivity index (χ1) is 8.15. The second kappa shape index (κ2) is 4.78. The molecule has 0 amide bonds. The van der Waals surface area contributed by atoms with Crippen molar-refractivity contribution in [1.82, 2.24) is 0 Å². The fourth-order valence-corrected chi connectivity index (χ4v) is 1.64. The fourth-order valence-electron chi connectivity index (χ4n) is 1.64. The number of benzene rings is 2. The lowest BCUT2D eigenvalue weighted by Gasteiger charge is -2.08. The van der Waals surface area contributed by atoms with Crippen molar-refractivity contribution in [3.8, 4) is 11.5 Å². The molecule has 0 aromatic heterocycles. The SMILES string of the molecule is Cc1cc(NCc2cccc(O)c2)ccc1O. The van der Waals surface area contributed by atoms with E-state index in [0.717, 1.165) is 16.8 Å². The van der Waals surface area contributed by atoms with Gasteiger partial charge in [-0.2, -0.15) is 0 Å². The first-order valence-corrected chi connectivity index (χ1v) is 5.46. The summed E-state index contributed by atoms with van der Waals surface area (Å²) >= 11 is 0. The number of phenols is 2. The third-order valence-electron chi connectivity index (χ3n) is 2.60. The molecule has 0 radical (unpaired) electrons. The van der Waals surface area contributed by atoms with E-state index in [1.54, 1.807) is 18.2 Å². The fraction of sp³-hybridized carbons (Fsp3) is 0.143. The quantitative estimate of drug-likeness (QED) is 0.709. The van der Waals surface area contributed by atoms with Crippen LogP contribution in [0.3, 0.4) is 0 Å². The molecule has 2 aromatic carbocycles. The van der Waals surface area contributed by atoms with Gasteiger partial charge in [0.1, 0.15) is 11.5 Å². The van der Waals surface area contributed by atoms with Crippen molar-refractivity contribution < 1.29 is 10.2 Å². The average Bonchev–Trinajstić information content (AvgIpc) is 2.31. The van der Waals surface area contributed by atoms with E-state index in [-0.39, 0.29) is 5.75 Å². The van der Waals surface area contributed by atoms with Crippen LogP contribution in [0.15, 0.2) is 42.5 Å². The van der Waals surface area contributed by atoms with E-state index in [1.165, 1.54) is 0 Å². The van der Waals surface area contributed by atoms with E-state index in [2.05, 4.69) is 5.32 Å². The van der Waals surface area contributed by atoms with Gasteiger partial charge in [-0.15, -0.1) is 0 Å². The molecule has 0 saturated heterocycles. The van der Waals surface area contributed by atoms with Gasteiger partial charge in [-0.25, -0.2) is 0 Å². The second-order valence-electron chi connectivity index (χ2n) is 4.02. The Kier molecular flexibility index (Phi) is 3.19. The number of aromatic hydroxyl groups is 2. The Morgan fingerprint density at radius 1 is 1.06 bits per heavy atom. The summed E-state index contributed by atoms with van der Waals surface area (Å²) in [5.74, 6) is 0.569. The summed E-state index contributed by atoms with van der Waals surface area (Å²) in [6, 6.07) is 12.5. The maximum atomic E-state index is 9.40. The van der Waals surface area contributed by atoms with Crippen LogP contribution in [-0.4, -0.2) is 10.2 Å². The number of aryl methyl sites for hydroxylation is 1. The molecule has 17 heavy (non-hydrogen) atoms. The molecule has 0 spiro atoms. The van der Waals surface area contributed by atoms with E-state index in [1.807, 2.05) is 31.2 Å². The van der Waals surface area contributed by atoms with E-state index in [4.69, 9.17) is 0 Å². The Bertz CT molecular complexity index is 523. The van der Waals surface area contributed by atoms with Crippen molar-refractivity contribution in [2.75, 3.05) is 5.32 Å². The predicted molar refractivity (Wildman–Crippen MR) is 68.3 cm³/mol. The van der Waals surface area contributed by atoms with Crippen molar-refractivity contribution in [3.63, 3.8) is 0 Å². The van der Waals surface area contributed by atoms with Gasteiger partial charge in [0.2, 0.25) is 0 Å². The molecule has 0 aliphatic heterocycles. The zero-order valence-electron chi connectivity index (χ0n) is 9.64. The van der Waals surface area contributed by atoms with Gasteiger partial charge in [0, 0.05) is 12.2 Å². The molecule has 0 aliphatic carbocycles. The molecule has 0 saturated carbocycles. The normalized spacial score (nSPS) is 10.2. The van der Waals surface area contributed by atoms with Gasteiger partial charge in [-0.1, -0.05) is 12.1 Å². The summed E-state index contributed by atoms with van der Waals surface area (Å²) in [5.41, 5.74) is 2.80. The molecule has 0 unspecified atom stereocenters. The maximum Gasteiger partial charge on any atom is 0.118 e. The molecular weight excluding hydrogens is 214 g/mol. The average molecular weight is 229 g/mol. The van der Waals surface area contributed by atoms with E-state index in [9.17, 15) is 10.2 Å². The summed E-state index contributed by atoms with van der Waals surface area (Å²) in [5, 5.41) is 22.0. The van der Waals surface area contributed by atoms with Crippen molar-refractivity contribution in [3.05, 3.63) is 53.6 Å². The van der Waals surface area contributed by atoms with E-state index < -0.39 is 0 Å². The van der Waals surface area contributed by atoms with Crippen LogP contribution in [-0.2, 0) is 6.54 Å². The zero-order valence-corrected chi connectivity index (χ0v) is 9.64. The Morgan fingerprint density at radius 3 is 2.59 bits per heavy atom. The highest BCUT2D eigenvalue weighted by Crippen LogP contribution is 2.21. The third kappa shape index (κ3) is 2.91. The Morgan fingerprint density at radius 2 is 1.88 bits per heavy atom. The zero-order chi connectivity index (χ0) is 12.3. The number of hydrogen-bond donors (Lipinski definition) is 3. The standard InChI is InChI=1S/C14H15NO2/c1-10-7-12(5-6-14(10)17)15-9-11-3-2-4-13(16)8-11/h2-8,15-17H,9H2,1H3. The minimum Gasteiger partial charge on any atom is -0.508 e. The van der Waals surface area contributed by atoms with E-state index >= 15 is 0 Å². The second-order valence-corrected chi connectivity index (χ2v) is 4.02. The highest BCUT2D eigenvalue weighted by molar-refractivity contribution is 5.50. The molecule has 2 aromatic rings. The van der Waals surface area contributed by atoms with Crippen molar-refractivity contribution in [1.29, 1.82) is 0 Å². The Hall–Kier alpha value is -2.16. The molecule has 2 rings (SSSR count). The molecule has 0 bridgehead atoms. The van der Waals surface area contributed by atoms with Crippen LogP contribution < -0.4 is 5.32 Å². The molecular formula is C14H15NO2. The summed E-state index contributed by atoms with van der Waals surface area (Å²) in [6.45, 7) is 2.49. The lowest BCUT2D eigenvalue weighted by Crippen LogP contribution is -1.99. The van der Waals surface area contributed by atoms with Crippen LogP contribution >= 0.6 is 0 Å². The minimum atomic E-state index is 0.270. The summed E-state index contributed by atoms with van der Waals surface area (Å²) in [6.07, 6.45) is 0. The lowest BCUT2D eigenvalue weighted by molar-refractivity contribution is 0.471. The van der Waals surface area contributed by atoms with Gasteiger partial charge in [0.05, 0.1) is 0 Å². The van der Waals surface area contributed by atoms with Crippen LogP contribution in [0.25, 0.3) is 0 Å². The predicted octanol–water partition coefficient (Wildman–Crippen LogP) is 3.02. The minimum absolute atomic E-state index is 0.270. The molecule has 3 heteroatoms. The summed E-state index contributed by atoms with van der Waals surface area (Å²) in [7, 11) is 0. The molecule has 0 aliphatic rings. The van der Waals surface area contributed by atoms with Crippen LogP contribution in [0.4, 0.5) is 5.69 Å². The van der Waals surface area contributed by atoms with Crippen LogP contribution in [0.1, 0.15) is 11.1 Å². The lowest BCUT2D eigenvalue weighted by atomic mass is 10.2. The molecule has 3 N–H and O–H groups in total. The number of hydrogen-bond acceptors (Lipinski definition) is 3. The molecule has 0 atom stereocenters. The molecule has 0 heterocycles. The molecule has 3 nitrogen and oxygen atoms in total. The largest absolute Gasteiger partial charge is 0.508 e. The Balaban J connectivity index is 2.05. The smallest absolute Gasteiger partial charge is 0.118 e. The van der Waals surface area contributed by atoms with Gasteiger partial charge < -0.3 is 15.5 Å². The van der Waals surface area contributed by atoms with Gasteiger partial charge in [-0.3, -0.25) is 0 Å². The van der Waals surface area contributed by atoms with Crippen molar-refractivity contribution in [2.24, 2.45) is 0 Å². The van der Waals surface area contributed by atoms with Crippen LogP contribution in [0.2, 0.25) is 0 Å². The van der Waals surface area contributed by atoms with Crippen LogP contribution in [0, 0.1) is 6.92 Å². The summed E-state index contributed by atoms with van der Waals surface area (Å²) in [4.78, 5) is 0. The highest BCUT2D eigenvalue weighted by Gasteiger charge is 1.98. The Labute approximate surface area is 100 Å². The summed E-state index contributed by atoms with van der Waals surface area (Å²) < 4.78 is 0. The number of anilines is 1. The van der Waals surface area contributed by atoms with Gasteiger partial charge in [0.25, 0.3) is 0 Å². The van der Waals surface area contributed by atoms with Crippen LogP contribution in [0.5, 0.6) is 11.5 Å². The third-order valence-corrected chi connectivity index (χ3v) is 2.60. The monoisotopic (exact) mass is 229 g/mol. The van der Waals surface area contributed by atoms with Gasteiger partial charge >= 0.3 is 0 Å². The van der Waals surface area contributed by atoms with E-state index in [0.29, 0.717) is 12.3 Å². The van der Waals surface area contributed by atoms with Crippen molar-refractivity contribution >= 4 is 5.69 Å². The molecule has 88 valence electrons.